The van der Waals surface area contributed by atoms with Crippen LogP contribution in [-0.2, 0) is 11.2 Å². The zero-order valence-corrected chi connectivity index (χ0v) is 14.9. The highest BCUT2D eigenvalue weighted by molar-refractivity contribution is 5.76. The molecule has 140 valence electrons. The molecule has 8 nitrogen and oxygen atoms in total. The van der Waals surface area contributed by atoms with E-state index in [-0.39, 0.29) is 12.3 Å². The van der Waals surface area contributed by atoms with Crippen molar-refractivity contribution in [1.29, 1.82) is 0 Å². The summed E-state index contributed by atoms with van der Waals surface area (Å²) in [4.78, 5) is 20.2. The summed E-state index contributed by atoms with van der Waals surface area (Å²) in [6.07, 6.45) is 3.95. The second-order valence-electron chi connectivity index (χ2n) is 5.60. The Balaban J connectivity index is 1.38. The maximum atomic E-state index is 11.9. The molecule has 0 fully saturated rings. The molecule has 0 unspecified atom stereocenters. The van der Waals surface area contributed by atoms with Gasteiger partial charge in [0.25, 0.3) is 0 Å². The molecule has 1 N–H and O–H groups in total. The molecule has 0 saturated carbocycles. The molecule has 8 heteroatoms. The van der Waals surface area contributed by atoms with Gasteiger partial charge in [-0.05, 0) is 24.3 Å². The molecule has 0 aliphatic carbocycles. The maximum Gasteiger partial charge on any atom is 0.227 e. The normalized spacial score (nSPS) is 10.4. The fourth-order valence-electron chi connectivity index (χ4n) is 2.37. The van der Waals surface area contributed by atoms with E-state index in [9.17, 15) is 4.79 Å². The Morgan fingerprint density at radius 1 is 1.15 bits per heavy atom. The lowest BCUT2D eigenvalue weighted by Crippen LogP contribution is -2.28. The number of carbonyl (C=O) groups is 1. The number of hydrogen-bond donors (Lipinski definition) is 1. The fraction of sp³-hybridized carbons (Fsp3) is 0.263. The number of benzene rings is 1. The standard InChI is InChI=1S/C19H20N4O4/c1-25-15-4-2-3-5-16(15)26-13-12-21-17(24)6-7-18-22-19(23-27-18)14-8-10-20-11-9-14/h2-5,8-11H,6-7,12-13H2,1H3,(H,21,24). The molecule has 2 aromatic heterocycles. The van der Waals surface area contributed by atoms with Crippen molar-refractivity contribution in [3.8, 4) is 22.9 Å². The van der Waals surface area contributed by atoms with Crippen LogP contribution in [0.1, 0.15) is 12.3 Å². The number of para-hydroxylation sites is 2. The van der Waals surface area contributed by atoms with Crippen LogP contribution in [0.4, 0.5) is 0 Å². The van der Waals surface area contributed by atoms with Crippen molar-refractivity contribution in [1.82, 2.24) is 20.4 Å². The molecule has 1 amide bonds. The van der Waals surface area contributed by atoms with Crippen LogP contribution in [0.15, 0.2) is 53.3 Å². The number of nitrogens with zero attached hydrogens (tertiary/aromatic N) is 3. The van der Waals surface area contributed by atoms with Crippen LogP contribution in [0, 0.1) is 0 Å². The number of aryl methyl sites for hydroxylation is 1. The Morgan fingerprint density at radius 2 is 1.93 bits per heavy atom. The third-order valence-corrected chi connectivity index (χ3v) is 3.72. The molecule has 3 aromatic rings. The highest BCUT2D eigenvalue weighted by atomic mass is 16.5. The van der Waals surface area contributed by atoms with Crippen LogP contribution in [-0.4, -0.2) is 41.3 Å². The van der Waals surface area contributed by atoms with Gasteiger partial charge in [-0.2, -0.15) is 4.98 Å². The lowest BCUT2D eigenvalue weighted by molar-refractivity contribution is -0.121. The van der Waals surface area contributed by atoms with Crippen LogP contribution in [0.25, 0.3) is 11.4 Å². The Labute approximate surface area is 156 Å². The van der Waals surface area contributed by atoms with Gasteiger partial charge in [0.05, 0.1) is 13.7 Å². The molecule has 0 bridgehead atoms. The van der Waals surface area contributed by atoms with E-state index < -0.39 is 0 Å². The SMILES string of the molecule is COc1ccccc1OCCNC(=O)CCc1nc(-c2ccncc2)no1. The lowest BCUT2D eigenvalue weighted by Gasteiger charge is -2.10. The molecule has 3 rings (SSSR count). The van der Waals surface area contributed by atoms with Crippen molar-refractivity contribution in [3.05, 3.63) is 54.7 Å². The monoisotopic (exact) mass is 368 g/mol. The number of nitrogens with one attached hydrogen (secondary N) is 1. The summed E-state index contributed by atoms with van der Waals surface area (Å²) in [6.45, 7) is 0.738. The number of hydrogen-bond acceptors (Lipinski definition) is 7. The van der Waals surface area contributed by atoms with Crippen molar-refractivity contribution in [2.45, 2.75) is 12.8 Å². The summed E-state index contributed by atoms with van der Waals surface area (Å²) in [5.74, 6) is 2.09. The number of carbonyl (C=O) groups excluding carboxylic acids is 1. The average molecular weight is 368 g/mol. The summed E-state index contributed by atoms with van der Waals surface area (Å²) in [5, 5.41) is 6.71. The average Bonchev–Trinajstić information content (AvgIpc) is 3.20. The van der Waals surface area contributed by atoms with E-state index in [4.69, 9.17) is 14.0 Å². The molecular weight excluding hydrogens is 348 g/mol. The number of aromatic nitrogens is 3. The highest BCUT2D eigenvalue weighted by Gasteiger charge is 2.10. The van der Waals surface area contributed by atoms with Gasteiger partial charge in [-0.15, -0.1) is 0 Å². The number of amides is 1. The quantitative estimate of drug-likeness (QED) is 0.578. The fourth-order valence-corrected chi connectivity index (χ4v) is 2.37. The molecule has 0 aliphatic heterocycles. The molecule has 27 heavy (non-hydrogen) atoms. The third-order valence-electron chi connectivity index (χ3n) is 3.72. The first-order chi connectivity index (χ1) is 13.3. The van der Waals surface area contributed by atoms with Gasteiger partial charge in [0, 0.05) is 30.8 Å². The van der Waals surface area contributed by atoms with Gasteiger partial charge in [-0.1, -0.05) is 17.3 Å². The van der Waals surface area contributed by atoms with Crippen molar-refractivity contribution >= 4 is 5.91 Å². The van der Waals surface area contributed by atoms with Crippen LogP contribution >= 0.6 is 0 Å². The molecule has 1 aromatic carbocycles. The summed E-state index contributed by atoms with van der Waals surface area (Å²) < 4.78 is 16.0. The van der Waals surface area contributed by atoms with Crippen LogP contribution in [0.2, 0.25) is 0 Å². The Bertz CT molecular complexity index is 867. The first-order valence-corrected chi connectivity index (χ1v) is 8.52. The van der Waals surface area contributed by atoms with Crippen LogP contribution < -0.4 is 14.8 Å². The minimum absolute atomic E-state index is 0.109. The van der Waals surface area contributed by atoms with Gasteiger partial charge in [-0.3, -0.25) is 9.78 Å². The second-order valence-corrected chi connectivity index (χ2v) is 5.60. The predicted molar refractivity (Wildman–Crippen MR) is 97.3 cm³/mol. The first-order valence-electron chi connectivity index (χ1n) is 8.52. The van der Waals surface area contributed by atoms with E-state index in [2.05, 4.69) is 20.4 Å². The predicted octanol–water partition coefficient (Wildman–Crippen LogP) is 2.27. The van der Waals surface area contributed by atoms with E-state index >= 15 is 0 Å². The molecule has 0 aliphatic rings. The summed E-state index contributed by atoms with van der Waals surface area (Å²) >= 11 is 0. The van der Waals surface area contributed by atoms with Crippen molar-refractivity contribution < 1.29 is 18.8 Å². The molecular formula is C19H20N4O4. The van der Waals surface area contributed by atoms with Crippen LogP contribution in [0.5, 0.6) is 11.5 Å². The lowest BCUT2D eigenvalue weighted by atomic mass is 10.2. The van der Waals surface area contributed by atoms with E-state index in [0.29, 0.717) is 42.8 Å². The largest absolute Gasteiger partial charge is 0.493 e. The van der Waals surface area contributed by atoms with E-state index in [1.807, 2.05) is 24.3 Å². The number of rotatable bonds is 9. The first kappa shape index (κ1) is 18.4. The molecule has 0 spiro atoms. The zero-order valence-electron chi connectivity index (χ0n) is 14.9. The highest BCUT2D eigenvalue weighted by Crippen LogP contribution is 2.25. The molecule has 0 atom stereocenters. The van der Waals surface area contributed by atoms with Crippen molar-refractivity contribution in [3.63, 3.8) is 0 Å². The molecule has 0 saturated heterocycles. The van der Waals surface area contributed by atoms with E-state index in [0.717, 1.165) is 5.56 Å². The second kappa shape index (κ2) is 9.33. The van der Waals surface area contributed by atoms with Gasteiger partial charge in [0.15, 0.2) is 11.5 Å². The minimum atomic E-state index is -0.109. The number of methoxy groups -OCH3 is 1. The third kappa shape index (κ3) is 5.27. The van der Waals surface area contributed by atoms with Gasteiger partial charge < -0.3 is 19.3 Å². The summed E-state index contributed by atoms with van der Waals surface area (Å²) in [6, 6.07) is 11.0. The smallest absolute Gasteiger partial charge is 0.227 e. The summed E-state index contributed by atoms with van der Waals surface area (Å²) in [5.41, 5.74) is 0.818. The minimum Gasteiger partial charge on any atom is -0.493 e. The maximum absolute atomic E-state index is 11.9. The van der Waals surface area contributed by atoms with E-state index in [1.54, 1.807) is 31.6 Å². The molecule has 2 heterocycles. The zero-order chi connectivity index (χ0) is 18.9. The topological polar surface area (TPSA) is 99.4 Å². The van der Waals surface area contributed by atoms with Crippen molar-refractivity contribution in [2.24, 2.45) is 0 Å². The molecule has 0 radical (unpaired) electrons. The Hall–Kier alpha value is -3.42. The number of pyridine rings is 1. The van der Waals surface area contributed by atoms with Gasteiger partial charge in [0.2, 0.25) is 17.6 Å². The Kier molecular flexibility index (Phi) is 6.35. The number of ether oxygens (including phenoxy) is 2. The Morgan fingerprint density at radius 3 is 2.70 bits per heavy atom. The van der Waals surface area contributed by atoms with Gasteiger partial charge in [-0.25, -0.2) is 0 Å². The summed E-state index contributed by atoms with van der Waals surface area (Å²) in [7, 11) is 1.58. The van der Waals surface area contributed by atoms with Crippen LogP contribution in [0.3, 0.4) is 0 Å². The van der Waals surface area contributed by atoms with E-state index in [1.165, 1.54) is 0 Å². The van der Waals surface area contributed by atoms with Gasteiger partial charge >= 0.3 is 0 Å². The van der Waals surface area contributed by atoms with Crippen molar-refractivity contribution in [2.75, 3.05) is 20.3 Å². The van der Waals surface area contributed by atoms with Gasteiger partial charge in [0.1, 0.15) is 6.61 Å².